The maximum Gasteiger partial charge on any atom is 0.102 e. The standard InChI is InChI=1S/C6H12NO2/c1-8-4-6-5-9-3-2-7-6/h4,6-7H,2-3,5H2,1H3. The zero-order valence-corrected chi connectivity index (χ0v) is 5.59. The van der Waals surface area contributed by atoms with Crippen LogP contribution in [0.2, 0.25) is 0 Å². The zero-order chi connectivity index (χ0) is 6.53. The molecule has 1 atom stereocenters. The number of nitrogens with one attached hydrogen (secondary N) is 1. The molecule has 1 fully saturated rings. The summed E-state index contributed by atoms with van der Waals surface area (Å²) in [4.78, 5) is 0. The van der Waals surface area contributed by atoms with Gasteiger partial charge in [-0.05, 0) is 0 Å². The van der Waals surface area contributed by atoms with E-state index in [9.17, 15) is 0 Å². The highest BCUT2D eigenvalue weighted by Gasteiger charge is 2.11. The minimum absolute atomic E-state index is 0.281. The minimum atomic E-state index is 0.281. The number of rotatable bonds is 2. The molecule has 1 saturated heterocycles. The van der Waals surface area contributed by atoms with Gasteiger partial charge in [-0.15, -0.1) is 0 Å². The van der Waals surface area contributed by atoms with Crippen molar-refractivity contribution < 1.29 is 9.47 Å². The summed E-state index contributed by atoms with van der Waals surface area (Å²) >= 11 is 0. The predicted octanol–water partition coefficient (Wildman–Crippen LogP) is -0.217. The van der Waals surface area contributed by atoms with Crippen molar-refractivity contribution in [2.75, 3.05) is 26.9 Å². The van der Waals surface area contributed by atoms with Crippen molar-refractivity contribution in [1.82, 2.24) is 5.32 Å². The van der Waals surface area contributed by atoms with Crippen LogP contribution in [0.3, 0.4) is 0 Å². The summed E-state index contributed by atoms with van der Waals surface area (Å²) in [5.41, 5.74) is 0. The lowest BCUT2D eigenvalue weighted by Gasteiger charge is -2.22. The summed E-state index contributed by atoms with van der Waals surface area (Å²) in [7, 11) is 1.65. The lowest BCUT2D eigenvalue weighted by atomic mass is 10.3. The maximum atomic E-state index is 5.16. The minimum Gasteiger partial charge on any atom is -0.378 e. The van der Waals surface area contributed by atoms with E-state index in [1.165, 1.54) is 0 Å². The molecule has 3 heteroatoms. The Morgan fingerprint density at radius 3 is 3.22 bits per heavy atom. The van der Waals surface area contributed by atoms with E-state index < -0.39 is 0 Å². The van der Waals surface area contributed by atoms with Crippen molar-refractivity contribution >= 4 is 0 Å². The van der Waals surface area contributed by atoms with Gasteiger partial charge in [0.2, 0.25) is 0 Å². The Balaban J connectivity index is 2.08. The molecule has 1 heterocycles. The molecule has 0 aromatic carbocycles. The van der Waals surface area contributed by atoms with Gasteiger partial charge in [0.15, 0.2) is 0 Å². The Hall–Kier alpha value is -0.120. The largest absolute Gasteiger partial charge is 0.378 e. The van der Waals surface area contributed by atoms with Crippen LogP contribution in [0.1, 0.15) is 0 Å². The molecule has 3 nitrogen and oxygen atoms in total. The second-order valence-corrected chi connectivity index (χ2v) is 2.01. The van der Waals surface area contributed by atoms with Crippen LogP contribution in [0.5, 0.6) is 0 Å². The third kappa shape index (κ3) is 2.30. The average Bonchev–Trinajstić information content (AvgIpc) is 1.91. The molecule has 0 aromatic heterocycles. The summed E-state index contributed by atoms with van der Waals surface area (Å²) in [6.45, 7) is 4.21. The molecule has 1 unspecified atom stereocenters. The van der Waals surface area contributed by atoms with Crippen LogP contribution in [-0.4, -0.2) is 32.9 Å². The van der Waals surface area contributed by atoms with Gasteiger partial charge in [0.05, 0.1) is 19.3 Å². The molecule has 1 N–H and O–H groups in total. The van der Waals surface area contributed by atoms with E-state index in [4.69, 9.17) is 9.47 Å². The smallest absolute Gasteiger partial charge is 0.102 e. The Labute approximate surface area is 55.3 Å². The highest BCUT2D eigenvalue weighted by Crippen LogP contribution is 1.95. The quantitative estimate of drug-likeness (QED) is 0.560. The first-order chi connectivity index (χ1) is 4.43. The van der Waals surface area contributed by atoms with E-state index in [-0.39, 0.29) is 6.04 Å². The monoisotopic (exact) mass is 130 g/mol. The van der Waals surface area contributed by atoms with Gasteiger partial charge < -0.3 is 14.8 Å². The third-order valence-corrected chi connectivity index (χ3v) is 1.25. The van der Waals surface area contributed by atoms with Gasteiger partial charge >= 0.3 is 0 Å². The SMILES string of the molecule is CO[CH]C1COCCN1. The van der Waals surface area contributed by atoms with Crippen molar-refractivity contribution in [3.8, 4) is 0 Å². The molecule has 0 aromatic rings. The number of morpholine rings is 1. The van der Waals surface area contributed by atoms with Crippen LogP contribution in [0.4, 0.5) is 0 Å². The lowest BCUT2D eigenvalue weighted by molar-refractivity contribution is 0.0655. The number of hydrogen-bond acceptors (Lipinski definition) is 3. The molecular formula is C6H12NO2. The van der Waals surface area contributed by atoms with Gasteiger partial charge in [0.1, 0.15) is 6.61 Å². The highest BCUT2D eigenvalue weighted by molar-refractivity contribution is 4.77. The van der Waals surface area contributed by atoms with Crippen molar-refractivity contribution in [3.63, 3.8) is 0 Å². The second kappa shape index (κ2) is 3.82. The first-order valence-corrected chi connectivity index (χ1v) is 3.11. The Bertz CT molecular complexity index is 68.7. The van der Waals surface area contributed by atoms with Gasteiger partial charge in [0.25, 0.3) is 0 Å². The summed E-state index contributed by atoms with van der Waals surface area (Å²) in [5, 5.41) is 3.21. The molecule has 1 rings (SSSR count). The number of hydrogen-bond donors (Lipinski definition) is 1. The summed E-state index contributed by atoms with van der Waals surface area (Å²) in [6, 6.07) is 0.281. The first kappa shape index (κ1) is 6.99. The van der Waals surface area contributed by atoms with E-state index in [1.54, 1.807) is 13.7 Å². The van der Waals surface area contributed by atoms with Crippen molar-refractivity contribution in [2.24, 2.45) is 0 Å². The van der Waals surface area contributed by atoms with Gasteiger partial charge in [-0.2, -0.15) is 0 Å². The first-order valence-electron chi connectivity index (χ1n) is 3.11. The zero-order valence-electron chi connectivity index (χ0n) is 5.59. The van der Waals surface area contributed by atoms with Gasteiger partial charge in [-0.3, -0.25) is 0 Å². The van der Waals surface area contributed by atoms with Crippen molar-refractivity contribution in [2.45, 2.75) is 6.04 Å². The van der Waals surface area contributed by atoms with E-state index in [1.807, 2.05) is 0 Å². The highest BCUT2D eigenvalue weighted by atomic mass is 16.5. The second-order valence-electron chi connectivity index (χ2n) is 2.01. The summed E-state index contributed by atoms with van der Waals surface area (Å²) in [5.74, 6) is 0. The van der Waals surface area contributed by atoms with Crippen LogP contribution in [0.25, 0.3) is 0 Å². The molecule has 0 amide bonds. The van der Waals surface area contributed by atoms with Crippen LogP contribution in [0.15, 0.2) is 0 Å². The molecule has 0 saturated carbocycles. The molecule has 1 radical (unpaired) electrons. The lowest BCUT2D eigenvalue weighted by Crippen LogP contribution is -2.41. The fraction of sp³-hybridized carbons (Fsp3) is 0.833. The summed E-state index contributed by atoms with van der Waals surface area (Å²) in [6.07, 6.45) is 0. The topological polar surface area (TPSA) is 30.5 Å². The van der Waals surface area contributed by atoms with Crippen LogP contribution in [0, 0.1) is 6.61 Å². The fourth-order valence-corrected chi connectivity index (χ4v) is 0.837. The molecular weight excluding hydrogens is 118 g/mol. The predicted molar refractivity (Wildman–Crippen MR) is 33.9 cm³/mol. The van der Waals surface area contributed by atoms with E-state index in [0.29, 0.717) is 0 Å². The molecule has 53 valence electrons. The van der Waals surface area contributed by atoms with E-state index >= 15 is 0 Å². The van der Waals surface area contributed by atoms with Gasteiger partial charge in [-0.1, -0.05) is 0 Å². The Morgan fingerprint density at radius 2 is 2.67 bits per heavy atom. The van der Waals surface area contributed by atoms with E-state index in [2.05, 4.69) is 5.32 Å². The summed E-state index contributed by atoms with van der Waals surface area (Å²) < 4.78 is 9.97. The van der Waals surface area contributed by atoms with Gasteiger partial charge in [0, 0.05) is 13.7 Å². The molecule has 0 aliphatic carbocycles. The van der Waals surface area contributed by atoms with Gasteiger partial charge in [-0.25, -0.2) is 0 Å². The third-order valence-electron chi connectivity index (χ3n) is 1.25. The molecule has 0 bridgehead atoms. The fourth-order valence-electron chi connectivity index (χ4n) is 0.837. The van der Waals surface area contributed by atoms with Crippen LogP contribution in [-0.2, 0) is 9.47 Å². The number of methoxy groups -OCH3 is 1. The van der Waals surface area contributed by atoms with E-state index in [0.717, 1.165) is 19.8 Å². The Morgan fingerprint density at radius 1 is 1.78 bits per heavy atom. The van der Waals surface area contributed by atoms with Crippen LogP contribution >= 0.6 is 0 Å². The van der Waals surface area contributed by atoms with Crippen molar-refractivity contribution in [1.29, 1.82) is 0 Å². The van der Waals surface area contributed by atoms with Crippen LogP contribution < -0.4 is 5.32 Å². The normalized spacial score (nSPS) is 28.3. The number of ether oxygens (including phenoxy) is 2. The molecule has 1 aliphatic heterocycles. The molecule has 0 spiro atoms. The molecule has 1 aliphatic rings. The maximum absolute atomic E-state index is 5.16. The van der Waals surface area contributed by atoms with Crippen molar-refractivity contribution in [3.05, 3.63) is 6.61 Å². The molecule has 9 heavy (non-hydrogen) atoms. The Kier molecular flexibility index (Phi) is 2.97. The average molecular weight is 130 g/mol.